The normalized spacial score (nSPS) is 10.2. The first kappa shape index (κ1) is 8.31. The number of nitrogens with two attached hydrogens (primary N) is 1. The Bertz CT molecular complexity index is 425. The molecule has 3 nitrogen and oxygen atoms in total. The van der Waals surface area contributed by atoms with E-state index in [1.807, 2.05) is 24.3 Å². The van der Waals surface area contributed by atoms with Crippen molar-refractivity contribution in [1.82, 2.24) is 4.98 Å². The number of anilines is 1. The molecule has 0 aliphatic carbocycles. The van der Waals surface area contributed by atoms with Crippen molar-refractivity contribution >= 4 is 21.9 Å². The van der Waals surface area contributed by atoms with Crippen molar-refractivity contribution < 1.29 is 4.42 Å². The molecule has 4 heteroatoms. The molecule has 0 amide bonds. The van der Waals surface area contributed by atoms with E-state index < -0.39 is 0 Å². The number of oxazole rings is 1. The Morgan fingerprint density at radius 2 is 2.08 bits per heavy atom. The Labute approximate surface area is 83.7 Å². The molecule has 0 saturated carbocycles. The molecule has 1 heterocycles. The molecule has 0 radical (unpaired) electrons. The van der Waals surface area contributed by atoms with E-state index in [0.29, 0.717) is 5.76 Å². The van der Waals surface area contributed by atoms with Gasteiger partial charge in [0.05, 0.1) is 6.20 Å². The highest BCUT2D eigenvalue weighted by Gasteiger charge is 2.06. The molecule has 0 bridgehead atoms. The third-order valence-corrected chi connectivity index (χ3v) is 2.35. The van der Waals surface area contributed by atoms with Crippen LogP contribution in [0.15, 0.2) is 39.4 Å². The molecule has 1 aromatic carbocycles. The maximum atomic E-state index is 5.37. The summed E-state index contributed by atoms with van der Waals surface area (Å²) in [5, 5.41) is 0. The van der Waals surface area contributed by atoms with Crippen LogP contribution in [-0.4, -0.2) is 4.98 Å². The highest BCUT2D eigenvalue weighted by atomic mass is 79.9. The van der Waals surface area contributed by atoms with E-state index in [9.17, 15) is 0 Å². The van der Waals surface area contributed by atoms with Crippen LogP contribution in [0.2, 0.25) is 0 Å². The van der Waals surface area contributed by atoms with Crippen molar-refractivity contribution in [3.63, 3.8) is 0 Å². The molecule has 2 N–H and O–H groups in total. The van der Waals surface area contributed by atoms with Crippen LogP contribution in [0.4, 0.5) is 6.01 Å². The van der Waals surface area contributed by atoms with Gasteiger partial charge in [0, 0.05) is 10.0 Å². The summed E-state index contributed by atoms with van der Waals surface area (Å²) in [7, 11) is 0. The van der Waals surface area contributed by atoms with Gasteiger partial charge in [-0.05, 0) is 6.07 Å². The largest absolute Gasteiger partial charge is 0.424 e. The molecule has 0 saturated heterocycles. The second-order valence-electron chi connectivity index (χ2n) is 2.54. The van der Waals surface area contributed by atoms with Crippen LogP contribution in [0.1, 0.15) is 0 Å². The van der Waals surface area contributed by atoms with Gasteiger partial charge in [-0.1, -0.05) is 34.1 Å². The van der Waals surface area contributed by atoms with Crippen LogP contribution in [-0.2, 0) is 0 Å². The maximum absolute atomic E-state index is 5.37. The number of hydrogen-bond acceptors (Lipinski definition) is 3. The molecule has 66 valence electrons. The fourth-order valence-corrected chi connectivity index (χ4v) is 1.55. The van der Waals surface area contributed by atoms with Crippen LogP contribution in [0.5, 0.6) is 0 Å². The molecule has 2 rings (SSSR count). The lowest BCUT2D eigenvalue weighted by atomic mass is 10.2. The summed E-state index contributed by atoms with van der Waals surface area (Å²) in [6, 6.07) is 7.93. The minimum Gasteiger partial charge on any atom is -0.424 e. The standard InChI is InChI=1S/C9H7BrN2O/c10-7-4-2-1-3-6(7)8-5-12-9(11)13-8/h1-5H,(H2,11,12). The van der Waals surface area contributed by atoms with Crippen LogP contribution in [0.25, 0.3) is 11.3 Å². The van der Waals surface area contributed by atoms with Gasteiger partial charge >= 0.3 is 0 Å². The summed E-state index contributed by atoms with van der Waals surface area (Å²) in [5.74, 6) is 0.671. The van der Waals surface area contributed by atoms with E-state index in [1.54, 1.807) is 6.20 Å². The number of halogens is 1. The topological polar surface area (TPSA) is 52.0 Å². The van der Waals surface area contributed by atoms with Gasteiger partial charge in [0.15, 0.2) is 5.76 Å². The van der Waals surface area contributed by atoms with Gasteiger partial charge in [-0.15, -0.1) is 0 Å². The zero-order valence-electron chi connectivity index (χ0n) is 6.70. The summed E-state index contributed by atoms with van der Waals surface area (Å²) in [6.45, 7) is 0. The molecule has 0 fully saturated rings. The van der Waals surface area contributed by atoms with Crippen LogP contribution in [0.3, 0.4) is 0 Å². The Morgan fingerprint density at radius 3 is 2.69 bits per heavy atom. The van der Waals surface area contributed by atoms with Gasteiger partial charge < -0.3 is 10.2 Å². The fourth-order valence-electron chi connectivity index (χ4n) is 1.07. The third kappa shape index (κ3) is 1.58. The fraction of sp³-hybridized carbons (Fsp3) is 0. The molecule has 0 unspecified atom stereocenters. The molecule has 1 aromatic heterocycles. The van der Waals surface area contributed by atoms with Crippen molar-refractivity contribution in [2.24, 2.45) is 0 Å². The number of nitrogens with zero attached hydrogens (tertiary/aromatic N) is 1. The summed E-state index contributed by atoms with van der Waals surface area (Å²) >= 11 is 3.41. The summed E-state index contributed by atoms with van der Waals surface area (Å²) in [4.78, 5) is 3.82. The third-order valence-electron chi connectivity index (χ3n) is 1.66. The average molecular weight is 239 g/mol. The second-order valence-corrected chi connectivity index (χ2v) is 3.40. The van der Waals surface area contributed by atoms with Gasteiger partial charge in [-0.25, -0.2) is 4.98 Å². The van der Waals surface area contributed by atoms with Gasteiger partial charge in [-0.3, -0.25) is 0 Å². The van der Waals surface area contributed by atoms with Crippen molar-refractivity contribution in [2.45, 2.75) is 0 Å². The van der Waals surface area contributed by atoms with E-state index >= 15 is 0 Å². The van der Waals surface area contributed by atoms with Crippen LogP contribution >= 0.6 is 15.9 Å². The number of aromatic nitrogens is 1. The number of rotatable bonds is 1. The lowest BCUT2D eigenvalue weighted by molar-refractivity contribution is 0.594. The van der Waals surface area contributed by atoms with Gasteiger partial charge in [0.2, 0.25) is 0 Å². The highest BCUT2D eigenvalue weighted by Crippen LogP contribution is 2.28. The highest BCUT2D eigenvalue weighted by molar-refractivity contribution is 9.10. The Kier molecular flexibility index (Phi) is 2.06. The Morgan fingerprint density at radius 1 is 1.31 bits per heavy atom. The first-order chi connectivity index (χ1) is 6.27. The number of nitrogen functional groups attached to an aromatic ring is 1. The monoisotopic (exact) mass is 238 g/mol. The van der Waals surface area contributed by atoms with Gasteiger partial charge in [0.25, 0.3) is 6.01 Å². The van der Waals surface area contributed by atoms with Crippen LogP contribution < -0.4 is 5.73 Å². The summed E-state index contributed by atoms with van der Waals surface area (Å²) < 4.78 is 6.15. The van der Waals surface area contributed by atoms with Gasteiger partial charge in [-0.2, -0.15) is 0 Å². The zero-order valence-corrected chi connectivity index (χ0v) is 8.28. The molecule has 0 aliphatic heterocycles. The lowest BCUT2D eigenvalue weighted by Crippen LogP contribution is -1.80. The van der Waals surface area contributed by atoms with E-state index in [4.69, 9.17) is 10.2 Å². The summed E-state index contributed by atoms with van der Waals surface area (Å²) in [5.41, 5.74) is 6.32. The quantitative estimate of drug-likeness (QED) is 0.832. The van der Waals surface area contributed by atoms with E-state index in [1.165, 1.54) is 0 Å². The predicted octanol–water partition coefficient (Wildman–Crippen LogP) is 2.69. The minimum atomic E-state index is 0.186. The molecule has 13 heavy (non-hydrogen) atoms. The average Bonchev–Trinajstić information content (AvgIpc) is 2.53. The van der Waals surface area contributed by atoms with Crippen molar-refractivity contribution in [1.29, 1.82) is 0 Å². The first-order valence-corrected chi connectivity index (χ1v) is 4.53. The molecule has 2 aromatic rings. The Balaban J connectivity index is 2.52. The molecule has 0 aliphatic rings. The zero-order chi connectivity index (χ0) is 9.26. The smallest absolute Gasteiger partial charge is 0.292 e. The maximum Gasteiger partial charge on any atom is 0.292 e. The first-order valence-electron chi connectivity index (χ1n) is 3.73. The molecule has 0 spiro atoms. The Hall–Kier alpha value is -1.29. The summed E-state index contributed by atoms with van der Waals surface area (Å²) in [6.07, 6.45) is 1.61. The number of benzene rings is 1. The predicted molar refractivity (Wildman–Crippen MR) is 54.1 cm³/mol. The van der Waals surface area contributed by atoms with Crippen LogP contribution in [0, 0.1) is 0 Å². The second kappa shape index (κ2) is 3.22. The molecule has 0 atom stereocenters. The minimum absolute atomic E-state index is 0.186. The van der Waals surface area contributed by atoms with Crippen molar-refractivity contribution in [2.75, 3.05) is 5.73 Å². The van der Waals surface area contributed by atoms with Gasteiger partial charge in [0.1, 0.15) is 0 Å². The van der Waals surface area contributed by atoms with E-state index in [0.717, 1.165) is 10.0 Å². The SMILES string of the molecule is Nc1ncc(-c2ccccc2Br)o1. The number of hydrogen-bond donors (Lipinski definition) is 1. The lowest BCUT2D eigenvalue weighted by Gasteiger charge is -1.97. The van der Waals surface area contributed by atoms with Crippen molar-refractivity contribution in [3.8, 4) is 11.3 Å². The molecular formula is C9H7BrN2O. The molecular weight excluding hydrogens is 232 g/mol. The van der Waals surface area contributed by atoms with E-state index in [-0.39, 0.29) is 6.01 Å². The van der Waals surface area contributed by atoms with Crippen molar-refractivity contribution in [3.05, 3.63) is 34.9 Å². The van der Waals surface area contributed by atoms with E-state index in [2.05, 4.69) is 20.9 Å².